The van der Waals surface area contributed by atoms with Crippen LogP contribution in [-0.2, 0) is 15.1 Å². The van der Waals surface area contributed by atoms with Crippen LogP contribution in [0, 0.1) is 11.8 Å². The van der Waals surface area contributed by atoms with Gasteiger partial charge in [-0.1, -0.05) is 79.9 Å². The molecule has 2 aromatic rings. The maximum Gasteiger partial charge on any atom is 0.344 e. The Hall–Kier alpha value is -3.19. The quantitative estimate of drug-likeness (QED) is 0.692. The van der Waals surface area contributed by atoms with E-state index in [0.717, 1.165) is 30.4 Å². The lowest BCUT2D eigenvalue weighted by Gasteiger charge is -2.41. The smallest absolute Gasteiger partial charge is 0.314 e. The number of carbonyl (C=O) groups excluding carboxylic acids is 3. The molecule has 0 aromatic heterocycles. The molecule has 172 valence electrons. The summed E-state index contributed by atoms with van der Waals surface area (Å²) in [7, 11) is 0. The molecule has 2 aliphatic heterocycles. The van der Waals surface area contributed by atoms with E-state index in [1.165, 1.54) is 25.7 Å². The summed E-state index contributed by atoms with van der Waals surface area (Å²) in [5.74, 6) is 0.580. The number of benzene rings is 2. The van der Waals surface area contributed by atoms with Crippen molar-refractivity contribution < 1.29 is 14.4 Å². The Labute approximate surface area is 194 Å². The van der Waals surface area contributed by atoms with Crippen molar-refractivity contribution in [3.63, 3.8) is 0 Å². The third-order valence-corrected chi connectivity index (χ3v) is 7.41. The van der Waals surface area contributed by atoms with Crippen LogP contribution in [-0.4, -0.2) is 47.4 Å². The first-order valence-corrected chi connectivity index (χ1v) is 11.9. The minimum atomic E-state index is -1.38. The van der Waals surface area contributed by atoms with Crippen molar-refractivity contribution in [3.05, 3.63) is 71.8 Å². The molecule has 33 heavy (non-hydrogen) atoms. The van der Waals surface area contributed by atoms with Crippen molar-refractivity contribution >= 4 is 17.8 Å². The number of urea groups is 1. The Morgan fingerprint density at radius 3 is 2.15 bits per heavy atom. The minimum Gasteiger partial charge on any atom is -0.314 e. The highest BCUT2D eigenvalue weighted by Crippen LogP contribution is 2.37. The summed E-state index contributed by atoms with van der Waals surface area (Å²) in [6.45, 7) is 1.98. The lowest BCUT2D eigenvalue weighted by molar-refractivity contribution is -0.139. The predicted octanol–water partition coefficient (Wildman–Crippen LogP) is 3.03. The van der Waals surface area contributed by atoms with Crippen LogP contribution in [0.5, 0.6) is 0 Å². The van der Waals surface area contributed by atoms with Crippen molar-refractivity contribution in [2.24, 2.45) is 11.8 Å². The average molecular weight is 447 g/mol. The lowest BCUT2D eigenvalue weighted by Crippen LogP contribution is -2.52. The molecule has 4 amide bonds. The number of hydrogen-bond donors (Lipinski definition) is 2. The molecule has 1 saturated carbocycles. The van der Waals surface area contributed by atoms with E-state index in [2.05, 4.69) is 15.6 Å². The number of nitrogens with zero attached hydrogens (tertiary/aromatic N) is 2. The third-order valence-electron chi connectivity index (χ3n) is 7.41. The van der Waals surface area contributed by atoms with Crippen LogP contribution < -0.4 is 10.7 Å². The Morgan fingerprint density at radius 1 is 0.909 bits per heavy atom. The summed E-state index contributed by atoms with van der Waals surface area (Å²) >= 11 is 0. The van der Waals surface area contributed by atoms with Gasteiger partial charge in [-0.2, -0.15) is 5.01 Å². The van der Waals surface area contributed by atoms with E-state index >= 15 is 0 Å². The molecule has 7 heteroatoms. The number of nitrogens with one attached hydrogen (secondary N) is 2. The molecule has 3 aliphatic rings. The molecule has 2 N–H and O–H groups in total. The second-order valence-corrected chi connectivity index (χ2v) is 9.42. The zero-order chi connectivity index (χ0) is 22.8. The molecule has 3 fully saturated rings. The fourth-order valence-electron chi connectivity index (χ4n) is 5.75. The van der Waals surface area contributed by atoms with E-state index in [1.54, 1.807) is 0 Å². The Bertz CT molecular complexity index is 987. The van der Waals surface area contributed by atoms with Crippen LogP contribution in [0.15, 0.2) is 60.7 Å². The van der Waals surface area contributed by atoms with Crippen molar-refractivity contribution in [2.45, 2.75) is 37.6 Å². The first-order chi connectivity index (χ1) is 16.1. The molecule has 0 spiro atoms. The number of likely N-dealkylation sites (tertiary alicyclic amines) is 1. The van der Waals surface area contributed by atoms with Crippen LogP contribution >= 0.6 is 0 Å². The Morgan fingerprint density at radius 2 is 1.52 bits per heavy atom. The van der Waals surface area contributed by atoms with Gasteiger partial charge in [-0.15, -0.1) is 0 Å². The zero-order valence-corrected chi connectivity index (χ0v) is 18.7. The second kappa shape index (κ2) is 8.98. The number of imide groups is 1. The molecule has 5 rings (SSSR count). The fourth-order valence-corrected chi connectivity index (χ4v) is 5.75. The van der Waals surface area contributed by atoms with Gasteiger partial charge in [0, 0.05) is 6.54 Å². The van der Waals surface area contributed by atoms with Crippen molar-refractivity contribution in [3.8, 4) is 0 Å². The van der Waals surface area contributed by atoms with Crippen LogP contribution in [0.4, 0.5) is 4.79 Å². The van der Waals surface area contributed by atoms with Crippen molar-refractivity contribution in [2.75, 3.05) is 19.6 Å². The van der Waals surface area contributed by atoms with Crippen molar-refractivity contribution in [1.82, 2.24) is 20.7 Å². The summed E-state index contributed by atoms with van der Waals surface area (Å²) in [6, 6.07) is 17.6. The van der Waals surface area contributed by atoms with Gasteiger partial charge in [0.2, 0.25) is 0 Å². The highest BCUT2D eigenvalue weighted by Gasteiger charge is 2.54. The number of fused-ring (bicyclic) bond motifs is 1. The van der Waals surface area contributed by atoms with Crippen LogP contribution in [0.25, 0.3) is 0 Å². The third kappa shape index (κ3) is 4.02. The highest BCUT2D eigenvalue weighted by molar-refractivity contribution is 6.10. The number of piperidine rings is 1. The van der Waals surface area contributed by atoms with Gasteiger partial charge in [0.1, 0.15) is 0 Å². The normalized spacial score (nSPS) is 24.8. The molecule has 2 saturated heterocycles. The Balaban J connectivity index is 1.33. The molecular weight excluding hydrogens is 416 g/mol. The van der Waals surface area contributed by atoms with E-state index in [0.29, 0.717) is 17.0 Å². The van der Waals surface area contributed by atoms with Crippen molar-refractivity contribution in [1.29, 1.82) is 0 Å². The fraction of sp³-hybridized carbons (Fsp3) is 0.423. The summed E-state index contributed by atoms with van der Waals surface area (Å²) in [4.78, 5) is 41.6. The van der Waals surface area contributed by atoms with E-state index in [-0.39, 0.29) is 12.5 Å². The summed E-state index contributed by atoms with van der Waals surface area (Å²) < 4.78 is 0. The van der Waals surface area contributed by atoms with Crippen LogP contribution in [0.1, 0.15) is 43.2 Å². The van der Waals surface area contributed by atoms with Gasteiger partial charge in [0.15, 0.2) is 5.54 Å². The zero-order valence-electron chi connectivity index (χ0n) is 18.7. The predicted molar refractivity (Wildman–Crippen MR) is 124 cm³/mol. The number of hydrogen-bond acceptors (Lipinski definition) is 4. The number of amides is 4. The standard InChI is InChI=1S/C26H30N4O3/c31-23(18-29-16-15-19-9-7-8-10-20(19)17-29)28-30-24(32)26(27-25(30)33,21-11-3-1-4-12-21)22-13-5-2-6-14-22/h1-6,11-14,19-20H,7-10,15-18H2,(H,27,33)(H,28,31)/t19-,20+/m0/s1. The van der Waals surface area contributed by atoms with E-state index < -0.39 is 17.5 Å². The van der Waals surface area contributed by atoms with Gasteiger partial charge < -0.3 is 5.32 Å². The lowest BCUT2D eigenvalue weighted by atomic mass is 9.75. The van der Waals surface area contributed by atoms with E-state index in [9.17, 15) is 14.4 Å². The van der Waals surface area contributed by atoms with Crippen LogP contribution in [0.2, 0.25) is 0 Å². The van der Waals surface area contributed by atoms with Gasteiger partial charge in [-0.3, -0.25) is 19.9 Å². The SMILES string of the molecule is O=C(CN1CC[C@@H]2CCCC[C@@H]2C1)NN1C(=O)NC(c2ccccc2)(c2ccccc2)C1=O. The van der Waals surface area contributed by atoms with Gasteiger partial charge in [-0.05, 0) is 42.3 Å². The topological polar surface area (TPSA) is 81.8 Å². The molecule has 2 aromatic carbocycles. The van der Waals surface area contributed by atoms with E-state index in [1.807, 2.05) is 60.7 Å². The van der Waals surface area contributed by atoms with Gasteiger partial charge >= 0.3 is 6.03 Å². The van der Waals surface area contributed by atoms with Gasteiger partial charge in [-0.25, -0.2) is 4.79 Å². The van der Waals surface area contributed by atoms with Gasteiger partial charge in [0.25, 0.3) is 11.8 Å². The minimum absolute atomic E-state index is 0.184. The molecule has 0 bridgehead atoms. The van der Waals surface area contributed by atoms with Crippen LogP contribution in [0.3, 0.4) is 0 Å². The summed E-state index contributed by atoms with van der Waals surface area (Å²) in [5, 5.41) is 3.70. The first-order valence-electron chi connectivity index (χ1n) is 11.9. The maximum atomic E-state index is 13.7. The highest BCUT2D eigenvalue weighted by atomic mass is 16.2. The number of rotatable bonds is 5. The van der Waals surface area contributed by atoms with Gasteiger partial charge in [0.05, 0.1) is 6.54 Å². The Kier molecular flexibility index (Phi) is 5.89. The summed E-state index contributed by atoms with van der Waals surface area (Å²) in [5.41, 5.74) is 2.49. The molecule has 2 heterocycles. The van der Waals surface area contributed by atoms with E-state index in [4.69, 9.17) is 0 Å². The monoisotopic (exact) mass is 446 g/mol. The molecule has 2 atom stereocenters. The second-order valence-electron chi connectivity index (χ2n) is 9.42. The molecule has 0 radical (unpaired) electrons. The molecule has 0 unspecified atom stereocenters. The number of carbonyl (C=O) groups is 3. The molecular formula is C26H30N4O3. The first kappa shape index (κ1) is 21.6. The molecule has 7 nitrogen and oxygen atoms in total. The maximum absolute atomic E-state index is 13.7. The number of hydrazine groups is 1. The average Bonchev–Trinajstić information content (AvgIpc) is 3.10. The molecule has 1 aliphatic carbocycles. The largest absolute Gasteiger partial charge is 0.344 e. The summed E-state index contributed by atoms with van der Waals surface area (Å²) in [6.07, 6.45) is 6.23.